The SMILES string of the molecule is COc1ccc(OC)c(CCOc2ccc(C(=O)n3c(C)cc4c(CC(=O)O)cccc43)cc2)c1. The van der Waals surface area contributed by atoms with Gasteiger partial charge in [0.25, 0.3) is 5.91 Å². The highest BCUT2D eigenvalue weighted by molar-refractivity contribution is 6.04. The summed E-state index contributed by atoms with van der Waals surface area (Å²) in [6.07, 6.45) is 0.539. The van der Waals surface area contributed by atoms with Crippen molar-refractivity contribution in [1.29, 1.82) is 0 Å². The van der Waals surface area contributed by atoms with Gasteiger partial charge in [0.2, 0.25) is 0 Å². The van der Waals surface area contributed by atoms with Crippen LogP contribution in [-0.4, -0.2) is 42.4 Å². The number of aliphatic carboxylic acids is 1. The zero-order chi connectivity index (χ0) is 24.9. The van der Waals surface area contributed by atoms with E-state index in [0.29, 0.717) is 35.4 Å². The summed E-state index contributed by atoms with van der Waals surface area (Å²) in [4.78, 5) is 24.5. The van der Waals surface area contributed by atoms with Crippen LogP contribution in [0.15, 0.2) is 66.7 Å². The number of aromatic nitrogens is 1. The van der Waals surface area contributed by atoms with Crippen LogP contribution in [0.1, 0.15) is 27.2 Å². The first-order valence-electron chi connectivity index (χ1n) is 11.2. The molecule has 0 spiro atoms. The number of hydrogen-bond acceptors (Lipinski definition) is 5. The number of nitrogens with zero attached hydrogens (tertiary/aromatic N) is 1. The second-order valence-electron chi connectivity index (χ2n) is 8.15. The predicted octanol–water partition coefficient (Wildman–Crippen LogP) is 4.90. The zero-order valence-corrected chi connectivity index (χ0v) is 19.9. The third-order valence-corrected chi connectivity index (χ3v) is 5.89. The van der Waals surface area contributed by atoms with Gasteiger partial charge < -0.3 is 19.3 Å². The van der Waals surface area contributed by atoms with Crippen molar-refractivity contribution in [3.05, 3.63) is 89.1 Å². The lowest BCUT2D eigenvalue weighted by Gasteiger charge is -2.12. The maximum absolute atomic E-state index is 13.3. The minimum absolute atomic E-state index is 0.0946. The molecule has 0 aliphatic rings. The number of rotatable bonds is 9. The molecule has 0 amide bonds. The van der Waals surface area contributed by atoms with E-state index in [1.165, 1.54) is 0 Å². The topological polar surface area (TPSA) is 87.0 Å². The van der Waals surface area contributed by atoms with Gasteiger partial charge in [0.15, 0.2) is 0 Å². The van der Waals surface area contributed by atoms with Crippen molar-refractivity contribution in [3.63, 3.8) is 0 Å². The van der Waals surface area contributed by atoms with Crippen molar-refractivity contribution in [2.75, 3.05) is 20.8 Å². The van der Waals surface area contributed by atoms with Crippen LogP contribution in [0, 0.1) is 6.92 Å². The highest BCUT2D eigenvalue weighted by Gasteiger charge is 2.17. The summed E-state index contributed by atoms with van der Waals surface area (Å²) >= 11 is 0. The van der Waals surface area contributed by atoms with Crippen molar-refractivity contribution in [2.45, 2.75) is 19.8 Å². The molecule has 0 aliphatic carbocycles. The average molecular weight is 474 g/mol. The first-order valence-corrected chi connectivity index (χ1v) is 11.2. The fourth-order valence-corrected chi connectivity index (χ4v) is 4.19. The van der Waals surface area contributed by atoms with Gasteiger partial charge in [-0.05, 0) is 67.1 Å². The summed E-state index contributed by atoms with van der Waals surface area (Å²) in [7, 11) is 3.25. The van der Waals surface area contributed by atoms with Gasteiger partial charge in [0, 0.05) is 28.6 Å². The normalized spacial score (nSPS) is 10.8. The molecule has 0 unspecified atom stereocenters. The number of aryl methyl sites for hydroxylation is 1. The fraction of sp³-hybridized carbons (Fsp3) is 0.214. The van der Waals surface area contributed by atoms with Crippen molar-refractivity contribution in [3.8, 4) is 17.2 Å². The standard InChI is InChI=1S/C28H27NO6/c1-18-15-24-20(17-27(30)31)5-4-6-25(24)29(18)28(32)19-7-9-22(10-8-19)35-14-13-21-16-23(33-2)11-12-26(21)34-3/h4-12,15-16H,13-14,17H2,1-3H3,(H,30,31). The third-order valence-electron chi connectivity index (χ3n) is 5.89. The Morgan fingerprint density at radius 2 is 1.63 bits per heavy atom. The van der Waals surface area contributed by atoms with Gasteiger partial charge in [-0.1, -0.05) is 12.1 Å². The Hall–Kier alpha value is -4.26. The third kappa shape index (κ3) is 5.14. The fourth-order valence-electron chi connectivity index (χ4n) is 4.19. The predicted molar refractivity (Wildman–Crippen MR) is 133 cm³/mol. The van der Waals surface area contributed by atoms with E-state index in [-0.39, 0.29) is 12.3 Å². The summed E-state index contributed by atoms with van der Waals surface area (Å²) in [5.74, 6) is 1.09. The smallest absolute Gasteiger partial charge is 0.307 e. The number of carbonyl (C=O) groups excluding carboxylic acids is 1. The molecule has 35 heavy (non-hydrogen) atoms. The Balaban J connectivity index is 1.48. The lowest BCUT2D eigenvalue weighted by molar-refractivity contribution is -0.136. The first-order chi connectivity index (χ1) is 16.9. The van der Waals surface area contributed by atoms with Crippen molar-refractivity contribution < 1.29 is 28.9 Å². The van der Waals surface area contributed by atoms with E-state index in [2.05, 4.69) is 0 Å². The van der Waals surface area contributed by atoms with Crippen LogP contribution in [0.5, 0.6) is 17.2 Å². The summed E-state index contributed by atoms with van der Waals surface area (Å²) in [6.45, 7) is 2.28. The summed E-state index contributed by atoms with van der Waals surface area (Å²) in [5.41, 5.74) is 3.61. The molecule has 0 saturated heterocycles. The average Bonchev–Trinajstić information content (AvgIpc) is 3.20. The van der Waals surface area contributed by atoms with Crippen LogP contribution in [0.2, 0.25) is 0 Å². The maximum atomic E-state index is 13.3. The molecular weight excluding hydrogens is 446 g/mol. The Bertz CT molecular complexity index is 1370. The van der Waals surface area contributed by atoms with Gasteiger partial charge in [-0.15, -0.1) is 0 Å². The van der Waals surface area contributed by atoms with E-state index in [1.807, 2.05) is 37.3 Å². The molecule has 0 bridgehead atoms. The summed E-state index contributed by atoms with van der Waals surface area (Å²) in [6, 6.07) is 19.9. The molecule has 0 atom stereocenters. The minimum Gasteiger partial charge on any atom is -0.497 e. The molecule has 4 aromatic rings. The molecule has 0 saturated carbocycles. The molecule has 4 rings (SSSR count). The van der Waals surface area contributed by atoms with Gasteiger partial charge in [0.05, 0.1) is 32.8 Å². The van der Waals surface area contributed by atoms with E-state index in [0.717, 1.165) is 28.1 Å². The number of carboxylic acids is 1. The highest BCUT2D eigenvalue weighted by atomic mass is 16.5. The van der Waals surface area contributed by atoms with Gasteiger partial charge in [-0.2, -0.15) is 0 Å². The number of hydrogen-bond donors (Lipinski definition) is 1. The summed E-state index contributed by atoms with van der Waals surface area (Å²) < 4.78 is 18.2. The van der Waals surface area contributed by atoms with Crippen molar-refractivity contribution in [1.82, 2.24) is 4.57 Å². The van der Waals surface area contributed by atoms with Crippen LogP contribution >= 0.6 is 0 Å². The van der Waals surface area contributed by atoms with Crippen molar-refractivity contribution >= 4 is 22.8 Å². The van der Waals surface area contributed by atoms with E-state index in [1.54, 1.807) is 55.2 Å². The second kappa shape index (κ2) is 10.3. The van der Waals surface area contributed by atoms with E-state index in [4.69, 9.17) is 14.2 Å². The Morgan fingerprint density at radius 1 is 0.886 bits per heavy atom. The molecule has 0 radical (unpaired) electrons. The number of ether oxygens (including phenoxy) is 3. The number of methoxy groups -OCH3 is 2. The lowest BCUT2D eigenvalue weighted by Crippen LogP contribution is -2.13. The largest absolute Gasteiger partial charge is 0.497 e. The molecule has 1 aromatic heterocycles. The molecule has 0 fully saturated rings. The molecule has 7 nitrogen and oxygen atoms in total. The Morgan fingerprint density at radius 3 is 2.31 bits per heavy atom. The van der Waals surface area contributed by atoms with E-state index < -0.39 is 5.97 Å². The number of fused-ring (bicyclic) bond motifs is 1. The maximum Gasteiger partial charge on any atom is 0.307 e. The Labute approximate surface area is 203 Å². The number of benzene rings is 3. The Kier molecular flexibility index (Phi) is 7.06. The molecule has 3 aromatic carbocycles. The molecule has 1 N–H and O–H groups in total. The van der Waals surface area contributed by atoms with Crippen LogP contribution in [0.25, 0.3) is 10.9 Å². The van der Waals surface area contributed by atoms with Gasteiger partial charge in [-0.25, -0.2) is 0 Å². The van der Waals surface area contributed by atoms with Crippen LogP contribution in [-0.2, 0) is 17.6 Å². The number of carbonyl (C=O) groups is 2. The van der Waals surface area contributed by atoms with Crippen LogP contribution < -0.4 is 14.2 Å². The zero-order valence-electron chi connectivity index (χ0n) is 19.9. The molecular formula is C28H27NO6. The van der Waals surface area contributed by atoms with Gasteiger partial charge >= 0.3 is 5.97 Å². The van der Waals surface area contributed by atoms with Gasteiger partial charge in [-0.3, -0.25) is 14.2 Å². The van der Waals surface area contributed by atoms with Crippen molar-refractivity contribution in [2.24, 2.45) is 0 Å². The second-order valence-corrected chi connectivity index (χ2v) is 8.15. The van der Waals surface area contributed by atoms with E-state index >= 15 is 0 Å². The quantitative estimate of drug-likeness (QED) is 0.372. The minimum atomic E-state index is -0.908. The van der Waals surface area contributed by atoms with Crippen LogP contribution in [0.3, 0.4) is 0 Å². The first kappa shape index (κ1) is 23.9. The monoisotopic (exact) mass is 473 g/mol. The molecule has 0 aliphatic heterocycles. The van der Waals surface area contributed by atoms with E-state index in [9.17, 15) is 14.7 Å². The number of carboxylic acid groups (broad SMARTS) is 1. The lowest BCUT2D eigenvalue weighted by atomic mass is 10.1. The molecule has 7 heteroatoms. The molecule has 1 heterocycles. The molecule has 180 valence electrons. The highest BCUT2D eigenvalue weighted by Crippen LogP contribution is 2.26. The van der Waals surface area contributed by atoms with Gasteiger partial charge in [0.1, 0.15) is 17.2 Å². The summed E-state index contributed by atoms with van der Waals surface area (Å²) in [5, 5.41) is 9.97. The van der Waals surface area contributed by atoms with Crippen LogP contribution in [0.4, 0.5) is 0 Å².